The van der Waals surface area contributed by atoms with Gasteiger partial charge >= 0.3 is 0 Å². The first-order chi connectivity index (χ1) is 38.7. The van der Waals surface area contributed by atoms with Gasteiger partial charge in [-0.05, 0) is 166 Å². The van der Waals surface area contributed by atoms with Crippen LogP contribution < -0.4 is 0 Å². The Kier molecular flexibility index (Phi) is 11.0. The summed E-state index contributed by atoms with van der Waals surface area (Å²) in [6.45, 7) is 0. The van der Waals surface area contributed by atoms with Crippen LogP contribution in [0.25, 0.3) is 154 Å². The van der Waals surface area contributed by atoms with Crippen molar-refractivity contribution in [2.45, 2.75) is 0 Å². The highest BCUT2D eigenvalue weighted by Crippen LogP contribution is 2.59. The highest BCUT2D eigenvalue weighted by Gasteiger charge is 2.31. The lowest BCUT2D eigenvalue weighted by molar-refractivity contribution is 1.56. The van der Waals surface area contributed by atoms with Gasteiger partial charge in [0, 0.05) is 0 Å². The topological polar surface area (TPSA) is 0 Å². The second kappa shape index (κ2) is 18.9. The quantitative estimate of drug-likeness (QED) is 0.133. The number of benzene rings is 15. The average molecular weight is 987 g/mol. The van der Waals surface area contributed by atoms with Crippen molar-refractivity contribution < 1.29 is 0 Å². The summed E-state index contributed by atoms with van der Waals surface area (Å²) < 4.78 is 0. The Bertz CT molecular complexity index is 4820. The second-order valence-corrected chi connectivity index (χ2v) is 20.5. The van der Waals surface area contributed by atoms with Gasteiger partial charge in [0.15, 0.2) is 0 Å². The van der Waals surface area contributed by atoms with Crippen molar-refractivity contribution >= 4 is 64.6 Å². The van der Waals surface area contributed by atoms with Crippen LogP contribution in [0.15, 0.2) is 303 Å². The Morgan fingerprint density at radius 1 is 0.128 bits per heavy atom. The molecule has 0 bridgehead atoms. The molecule has 0 saturated heterocycles. The molecular weight excluding hydrogens is 937 g/mol. The molecule has 15 aromatic rings. The fourth-order valence-electron chi connectivity index (χ4n) is 12.8. The van der Waals surface area contributed by atoms with E-state index in [4.69, 9.17) is 0 Å². The van der Waals surface area contributed by atoms with Crippen molar-refractivity contribution in [3.63, 3.8) is 0 Å². The number of fused-ring (bicyclic) bond motifs is 6. The van der Waals surface area contributed by atoms with Crippen LogP contribution >= 0.6 is 0 Å². The Balaban J connectivity index is 1.27. The molecule has 0 spiro atoms. The van der Waals surface area contributed by atoms with E-state index in [9.17, 15) is 0 Å². The second-order valence-electron chi connectivity index (χ2n) is 20.5. The maximum atomic E-state index is 2.51. The molecule has 0 fully saturated rings. The number of hydrogen-bond donors (Lipinski definition) is 0. The first-order valence-corrected chi connectivity index (χ1v) is 27.1. The Morgan fingerprint density at radius 3 is 0.923 bits per heavy atom. The molecule has 78 heavy (non-hydrogen) atoms. The summed E-state index contributed by atoms with van der Waals surface area (Å²) in [4.78, 5) is 0. The highest BCUT2D eigenvalue weighted by atomic mass is 14.3. The lowest BCUT2D eigenvalue weighted by atomic mass is 9.73. The van der Waals surface area contributed by atoms with Gasteiger partial charge in [-0.3, -0.25) is 0 Å². The molecule has 0 saturated carbocycles. The minimum absolute atomic E-state index is 1.16. The molecule has 15 rings (SSSR count). The number of hydrogen-bond acceptors (Lipinski definition) is 0. The van der Waals surface area contributed by atoms with Gasteiger partial charge in [0.05, 0.1) is 0 Å². The molecule has 0 radical (unpaired) electrons. The summed E-state index contributed by atoms with van der Waals surface area (Å²) in [5, 5.41) is 14.4. The summed E-state index contributed by atoms with van der Waals surface area (Å²) >= 11 is 0. The van der Waals surface area contributed by atoms with Gasteiger partial charge in [-0.15, -0.1) is 0 Å². The van der Waals surface area contributed by atoms with Crippen molar-refractivity contribution in [1.82, 2.24) is 0 Å². The van der Waals surface area contributed by atoms with E-state index in [0.717, 1.165) is 11.1 Å². The molecule has 0 aliphatic heterocycles. The molecule has 0 amide bonds. The fraction of sp³-hybridized carbons (Fsp3) is 0. The summed E-state index contributed by atoms with van der Waals surface area (Å²) in [5.41, 5.74) is 19.0. The SMILES string of the molecule is c1ccc(-c2ccc3ccccc3c2-c2c(-c3ccccc3-c3cccc4ccccc34)c(-c3c(-c4ccccc4)ccc4ccccc34)c3cc4ccccc4cc3c2-c2ccccc2-c2cccc3ccccc23)cc1. The largest absolute Gasteiger partial charge is 0.0622 e. The minimum Gasteiger partial charge on any atom is -0.0622 e. The van der Waals surface area contributed by atoms with Crippen LogP contribution in [-0.2, 0) is 0 Å². The van der Waals surface area contributed by atoms with Crippen molar-refractivity contribution in [3.8, 4) is 89.0 Å². The monoisotopic (exact) mass is 986 g/mol. The standard InChI is InChI=1S/C78H50/c1-3-23-53(24-4-1)63-47-45-55-29-11-15-37-61(55)73(63)77-72-50-58-32-8-7-31-57(58)49-71(72)75(69-41-19-17-39-67(69)65-43-21-33-51-27-9-13-35-59(51)65)78(74-62-38-16-12-30-56(62)46-48-64(74)54-25-5-2-6-26-54)76(77)70-42-20-18-40-68(70)66-44-22-34-52-28-10-14-36-60(52)66/h1-50H. The molecule has 0 atom stereocenters. The van der Waals surface area contributed by atoms with Crippen LogP contribution in [0.5, 0.6) is 0 Å². The molecule has 0 aromatic heterocycles. The normalized spacial score (nSPS) is 11.6. The zero-order chi connectivity index (χ0) is 51.5. The van der Waals surface area contributed by atoms with Crippen LogP contribution in [0.3, 0.4) is 0 Å². The molecule has 0 N–H and O–H groups in total. The van der Waals surface area contributed by atoms with E-state index in [-0.39, 0.29) is 0 Å². The summed E-state index contributed by atoms with van der Waals surface area (Å²) in [6, 6.07) is 113. The van der Waals surface area contributed by atoms with E-state index in [1.807, 2.05) is 0 Å². The maximum Gasteiger partial charge on any atom is -0.000116 e. The van der Waals surface area contributed by atoms with Crippen molar-refractivity contribution in [2.75, 3.05) is 0 Å². The van der Waals surface area contributed by atoms with Gasteiger partial charge in [-0.1, -0.05) is 291 Å². The van der Waals surface area contributed by atoms with E-state index < -0.39 is 0 Å². The smallest absolute Gasteiger partial charge is 0.000116 e. The van der Waals surface area contributed by atoms with Crippen molar-refractivity contribution in [1.29, 1.82) is 0 Å². The summed E-state index contributed by atoms with van der Waals surface area (Å²) in [5.74, 6) is 0. The molecule has 0 unspecified atom stereocenters. The third kappa shape index (κ3) is 7.45. The van der Waals surface area contributed by atoms with E-state index in [0.29, 0.717) is 0 Å². The van der Waals surface area contributed by atoms with Crippen LogP contribution in [0.1, 0.15) is 0 Å². The van der Waals surface area contributed by atoms with E-state index in [2.05, 4.69) is 303 Å². The van der Waals surface area contributed by atoms with Gasteiger partial charge in [-0.2, -0.15) is 0 Å². The van der Waals surface area contributed by atoms with E-state index >= 15 is 0 Å². The first-order valence-electron chi connectivity index (χ1n) is 27.1. The van der Waals surface area contributed by atoms with Gasteiger partial charge in [0.2, 0.25) is 0 Å². The zero-order valence-corrected chi connectivity index (χ0v) is 42.9. The third-order valence-corrected chi connectivity index (χ3v) is 16.3. The fourth-order valence-corrected chi connectivity index (χ4v) is 12.8. The van der Waals surface area contributed by atoms with Crippen LogP contribution in [0.4, 0.5) is 0 Å². The van der Waals surface area contributed by atoms with E-state index in [1.165, 1.54) is 143 Å². The molecule has 0 nitrogen and oxygen atoms in total. The van der Waals surface area contributed by atoms with Gasteiger partial charge < -0.3 is 0 Å². The number of rotatable bonds is 8. The predicted molar refractivity (Wildman–Crippen MR) is 335 cm³/mol. The molecular formula is C78H50. The van der Waals surface area contributed by atoms with Gasteiger partial charge in [-0.25, -0.2) is 0 Å². The molecule has 0 aliphatic rings. The molecule has 0 aliphatic carbocycles. The Morgan fingerprint density at radius 2 is 0.449 bits per heavy atom. The molecule has 0 heterocycles. The summed E-state index contributed by atoms with van der Waals surface area (Å²) in [6.07, 6.45) is 0. The Hall–Kier alpha value is -10.1. The van der Waals surface area contributed by atoms with Crippen LogP contribution in [0, 0.1) is 0 Å². The van der Waals surface area contributed by atoms with Crippen LogP contribution in [0.2, 0.25) is 0 Å². The van der Waals surface area contributed by atoms with Crippen LogP contribution in [-0.4, -0.2) is 0 Å². The lowest BCUT2D eigenvalue weighted by Gasteiger charge is -2.30. The van der Waals surface area contributed by atoms with Crippen molar-refractivity contribution in [3.05, 3.63) is 303 Å². The van der Waals surface area contributed by atoms with Gasteiger partial charge in [0.1, 0.15) is 0 Å². The van der Waals surface area contributed by atoms with Gasteiger partial charge in [0.25, 0.3) is 0 Å². The zero-order valence-electron chi connectivity index (χ0n) is 42.9. The predicted octanol–water partition coefficient (Wildman–Crippen LogP) is 21.9. The first kappa shape index (κ1) is 45.3. The average Bonchev–Trinajstić information content (AvgIpc) is 3.16. The highest BCUT2D eigenvalue weighted by molar-refractivity contribution is 6.28. The van der Waals surface area contributed by atoms with E-state index in [1.54, 1.807) is 0 Å². The Labute approximate surface area is 454 Å². The third-order valence-electron chi connectivity index (χ3n) is 16.3. The lowest BCUT2D eigenvalue weighted by Crippen LogP contribution is -2.02. The van der Waals surface area contributed by atoms with Crippen molar-refractivity contribution in [2.24, 2.45) is 0 Å². The molecule has 362 valence electrons. The molecule has 0 heteroatoms. The molecule has 15 aromatic carbocycles. The summed E-state index contributed by atoms with van der Waals surface area (Å²) in [7, 11) is 0. The maximum absolute atomic E-state index is 2.51. The minimum atomic E-state index is 1.16.